The average Bonchev–Trinajstić information content (AvgIpc) is 2.47. The van der Waals surface area contributed by atoms with Crippen molar-refractivity contribution in [3.8, 4) is 5.88 Å². The van der Waals surface area contributed by atoms with Crippen LogP contribution in [0.3, 0.4) is 0 Å². The smallest absolute Gasteiger partial charge is 0.340 e. The molecule has 0 N–H and O–H groups in total. The van der Waals surface area contributed by atoms with E-state index >= 15 is 0 Å². The lowest BCUT2D eigenvalue weighted by molar-refractivity contribution is 0.475. The van der Waals surface area contributed by atoms with Gasteiger partial charge >= 0.3 is 10.1 Å². The lowest BCUT2D eigenvalue weighted by atomic mass is 10.1. The van der Waals surface area contributed by atoms with Crippen LogP contribution < -0.4 is 4.18 Å². The summed E-state index contributed by atoms with van der Waals surface area (Å²) in [6.45, 7) is 5.86. The first kappa shape index (κ1) is 15.5. The third-order valence-electron chi connectivity index (χ3n) is 3.27. The molecule has 1 heterocycles. The molecule has 5 heteroatoms. The SMILES string of the molecule is CCc1ccc(OS(=O)(=O)c2ccc(C)cc2CC)nc1. The molecule has 0 saturated carbocycles. The van der Waals surface area contributed by atoms with Crippen LogP contribution in [0.5, 0.6) is 5.88 Å². The van der Waals surface area contributed by atoms with Gasteiger partial charge in [0.2, 0.25) is 5.88 Å². The third kappa shape index (κ3) is 3.61. The maximum atomic E-state index is 12.4. The van der Waals surface area contributed by atoms with E-state index in [0.29, 0.717) is 6.42 Å². The molecular weight excluding hydrogens is 286 g/mol. The summed E-state index contributed by atoms with van der Waals surface area (Å²) in [5.74, 6) is 0.0924. The predicted octanol–water partition coefficient (Wildman–Crippen LogP) is 3.28. The number of hydrogen-bond donors (Lipinski definition) is 0. The second-order valence-corrected chi connectivity index (χ2v) is 6.38. The van der Waals surface area contributed by atoms with Gasteiger partial charge in [-0.25, -0.2) is 4.98 Å². The second kappa shape index (κ2) is 6.26. The van der Waals surface area contributed by atoms with Crippen LogP contribution in [0, 0.1) is 6.92 Å². The Kier molecular flexibility index (Phi) is 4.63. The molecule has 2 aromatic rings. The number of benzene rings is 1. The largest absolute Gasteiger partial charge is 0.358 e. The van der Waals surface area contributed by atoms with E-state index in [4.69, 9.17) is 4.18 Å². The molecule has 0 unspecified atom stereocenters. The Bertz CT molecular complexity index is 722. The van der Waals surface area contributed by atoms with Crippen molar-refractivity contribution in [2.45, 2.75) is 38.5 Å². The van der Waals surface area contributed by atoms with Gasteiger partial charge in [-0.1, -0.05) is 37.6 Å². The second-order valence-electron chi connectivity index (χ2n) is 4.86. The van der Waals surface area contributed by atoms with Gasteiger partial charge in [-0.3, -0.25) is 0 Å². The third-order valence-corrected chi connectivity index (χ3v) is 4.59. The van der Waals surface area contributed by atoms with E-state index in [0.717, 1.165) is 23.1 Å². The zero-order valence-corrected chi connectivity index (χ0v) is 13.3. The topological polar surface area (TPSA) is 56.3 Å². The van der Waals surface area contributed by atoms with Gasteiger partial charge in [0.1, 0.15) is 4.90 Å². The summed E-state index contributed by atoms with van der Waals surface area (Å²) in [4.78, 5) is 4.24. The molecular formula is C16H19NO3S. The van der Waals surface area contributed by atoms with Crippen molar-refractivity contribution in [1.29, 1.82) is 0 Å². The van der Waals surface area contributed by atoms with Gasteiger partial charge in [-0.15, -0.1) is 0 Å². The number of hydrogen-bond acceptors (Lipinski definition) is 4. The van der Waals surface area contributed by atoms with Crippen LogP contribution in [-0.2, 0) is 23.0 Å². The first-order chi connectivity index (χ1) is 9.96. The van der Waals surface area contributed by atoms with E-state index < -0.39 is 10.1 Å². The van der Waals surface area contributed by atoms with E-state index in [-0.39, 0.29) is 10.8 Å². The van der Waals surface area contributed by atoms with Crippen molar-refractivity contribution in [3.63, 3.8) is 0 Å². The minimum atomic E-state index is -3.85. The molecule has 0 amide bonds. The summed E-state index contributed by atoms with van der Waals surface area (Å²) < 4.78 is 29.9. The highest BCUT2D eigenvalue weighted by atomic mass is 32.2. The summed E-state index contributed by atoms with van der Waals surface area (Å²) in [5, 5.41) is 0. The van der Waals surface area contributed by atoms with E-state index in [1.165, 1.54) is 0 Å². The highest BCUT2D eigenvalue weighted by Crippen LogP contribution is 2.22. The fraction of sp³-hybridized carbons (Fsp3) is 0.312. The highest BCUT2D eigenvalue weighted by molar-refractivity contribution is 7.87. The van der Waals surface area contributed by atoms with Crippen molar-refractivity contribution in [2.75, 3.05) is 0 Å². The van der Waals surface area contributed by atoms with Gasteiger partial charge in [0.15, 0.2) is 0 Å². The Labute approximate surface area is 125 Å². The Morgan fingerprint density at radius 1 is 1.10 bits per heavy atom. The Morgan fingerprint density at radius 3 is 2.43 bits per heavy atom. The zero-order chi connectivity index (χ0) is 15.5. The van der Waals surface area contributed by atoms with Crippen LogP contribution in [0.25, 0.3) is 0 Å². The van der Waals surface area contributed by atoms with Crippen LogP contribution in [0.2, 0.25) is 0 Å². The molecule has 4 nitrogen and oxygen atoms in total. The van der Waals surface area contributed by atoms with E-state index in [1.54, 1.807) is 24.4 Å². The fourth-order valence-corrected chi connectivity index (χ4v) is 3.23. The van der Waals surface area contributed by atoms with Crippen molar-refractivity contribution in [1.82, 2.24) is 4.98 Å². The first-order valence-electron chi connectivity index (χ1n) is 6.95. The van der Waals surface area contributed by atoms with Gasteiger partial charge in [0, 0.05) is 12.3 Å². The quantitative estimate of drug-likeness (QED) is 0.795. The average molecular weight is 305 g/mol. The number of pyridine rings is 1. The summed E-state index contributed by atoms with van der Waals surface area (Å²) in [6, 6.07) is 8.61. The molecule has 1 aromatic carbocycles. The van der Waals surface area contributed by atoms with Crippen LogP contribution in [0.4, 0.5) is 0 Å². The number of rotatable bonds is 5. The Balaban J connectivity index is 2.33. The molecule has 0 aliphatic heterocycles. The number of nitrogens with zero attached hydrogens (tertiary/aromatic N) is 1. The molecule has 0 aliphatic carbocycles. The van der Waals surface area contributed by atoms with Crippen molar-refractivity contribution in [3.05, 3.63) is 53.2 Å². The van der Waals surface area contributed by atoms with Crippen molar-refractivity contribution >= 4 is 10.1 Å². The normalized spacial score (nSPS) is 11.4. The van der Waals surface area contributed by atoms with Gasteiger partial charge in [0.05, 0.1) is 0 Å². The number of aromatic nitrogens is 1. The highest BCUT2D eigenvalue weighted by Gasteiger charge is 2.20. The van der Waals surface area contributed by atoms with Crippen molar-refractivity contribution < 1.29 is 12.6 Å². The number of aryl methyl sites for hydroxylation is 3. The maximum absolute atomic E-state index is 12.4. The predicted molar refractivity (Wildman–Crippen MR) is 82.0 cm³/mol. The molecule has 0 radical (unpaired) electrons. The molecule has 2 rings (SSSR count). The van der Waals surface area contributed by atoms with E-state index in [2.05, 4.69) is 4.98 Å². The minimum absolute atomic E-state index is 0.0924. The standard InChI is InChI=1S/C16H19NO3S/c1-4-13-7-9-16(17-11-13)20-21(18,19)15-8-6-12(3)10-14(15)5-2/h6-11H,4-5H2,1-3H3. The van der Waals surface area contributed by atoms with Crippen LogP contribution >= 0.6 is 0 Å². The van der Waals surface area contributed by atoms with Gasteiger partial charge in [-0.05, 0) is 37.0 Å². The molecule has 0 atom stereocenters. The zero-order valence-electron chi connectivity index (χ0n) is 12.5. The van der Waals surface area contributed by atoms with Gasteiger partial charge < -0.3 is 4.18 Å². The fourth-order valence-electron chi connectivity index (χ4n) is 2.06. The van der Waals surface area contributed by atoms with Crippen LogP contribution in [0.15, 0.2) is 41.4 Å². The van der Waals surface area contributed by atoms with E-state index in [9.17, 15) is 8.42 Å². The van der Waals surface area contributed by atoms with Crippen molar-refractivity contribution in [2.24, 2.45) is 0 Å². The molecule has 0 fully saturated rings. The lowest BCUT2D eigenvalue weighted by Crippen LogP contribution is -2.13. The lowest BCUT2D eigenvalue weighted by Gasteiger charge is -2.10. The summed E-state index contributed by atoms with van der Waals surface area (Å²) in [7, 11) is -3.85. The molecule has 0 saturated heterocycles. The first-order valence-corrected chi connectivity index (χ1v) is 8.36. The van der Waals surface area contributed by atoms with Crippen LogP contribution in [0.1, 0.15) is 30.5 Å². The molecule has 21 heavy (non-hydrogen) atoms. The van der Waals surface area contributed by atoms with Gasteiger partial charge in [0.25, 0.3) is 0 Å². The summed E-state index contributed by atoms with van der Waals surface area (Å²) in [5.41, 5.74) is 2.81. The van der Waals surface area contributed by atoms with E-state index in [1.807, 2.05) is 32.9 Å². The Hall–Kier alpha value is -1.88. The maximum Gasteiger partial charge on any atom is 0.340 e. The molecule has 0 spiro atoms. The molecule has 1 aromatic heterocycles. The molecule has 0 bridgehead atoms. The minimum Gasteiger partial charge on any atom is -0.358 e. The molecule has 0 aliphatic rings. The molecule has 112 valence electrons. The van der Waals surface area contributed by atoms with Gasteiger partial charge in [-0.2, -0.15) is 8.42 Å². The monoisotopic (exact) mass is 305 g/mol. The van der Waals surface area contributed by atoms with Crippen LogP contribution in [-0.4, -0.2) is 13.4 Å². The summed E-state index contributed by atoms with van der Waals surface area (Å²) >= 11 is 0. The Morgan fingerprint density at radius 2 is 1.86 bits per heavy atom. The summed E-state index contributed by atoms with van der Waals surface area (Å²) in [6.07, 6.45) is 3.10.